The third-order valence-corrected chi connectivity index (χ3v) is 1.59. The van der Waals surface area contributed by atoms with Gasteiger partial charge in [-0.3, -0.25) is 4.84 Å². The van der Waals surface area contributed by atoms with Crippen LogP contribution < -0.4 is 0 Å². The first-order chi connectivity index (χ1) is 5.55. The van der Waals surface area contributed by atoms with Crippen LogP contribution in [0.5, 0.6) is 0 Å². The summed E-state index contributed by atoms with van der Waals surface area (Å²) in [5.41, 5.74) is -0.360. The molecule has 0 aliphatic rings. The van der Waals surface area contributed by atoms with Gasteiger partial charge in [-0.15, -0.1) is 0 Å². The molecule has 0 unspecified atom stereocenters. The molecule has 0 spiro atoms. The Bertz CT molecular complexity index is 156. The second-order valence-corrected chi connectivity index (χ2v) is 3.30. The number of rotatable bonds is 5. The van der Waals surface area contributed by atoms with E-state index < -0.39 is 0 Å². The maximum absolute atomic E-state index is 8.51. The van der Waals surface area contributed by atoms with Gasteiger partial charge in [-0.25, -0.2) is 0 Å². The minimum absolute atomic E-state index is 0.360. The average Bonchev–Trinajstić information content (AvgIpc) is 2.00. The van der Waals surface area contributed by atoms with Gasteiger partial charge < -0.3 is 0 Å². The Hall–Kier alpha value is -0.590. The van der Waals surface area contributed by atoms with Crippen LogP contribution in [0, 0.1) is 11.3 Å². The molecule has 0 aromatic heterocycles. The molecule has 0 amide bonds. The first kappa shape index (κ1) is 11.4. The normalized spacial score (nSPS) is 11.7. The van der Waals surface area contributed by atoms with Crippen molar-refractivity contribution in [2.75, 3.05) is 13.1 Å². The predicted octanol–water partition coefficient (Wildman–Crippen LogP) is 1.95. The molecule has 70 valence electrons. The topological polar surface area (TPSA) is 36.3 Å². The lowest BCUT2D eigenvalue weighted by atomic mass is 10.1. The van der Waals surface area contributed by atoms with Crippen LogP contribution in [0.25, 0.3) is 0 Å². The number of nitrogens with zero attached hydrogens (tertiary/aromatic N) is 2. The molecular weight excluding hydrogens is 152 g/mol. The summed E-state index contributed by atoms with van der Waals surface area (Å²) in [5.74, 6) is 0. The van der Waals surface area contributed by atoms with Crippen LogP contribution in [0.1, 0.15) is 34.1 Å². The van der Waals surface area contributed by atoms with Gasteiger partial charge in [-0.2, -0.15) is 10.3 Å². The zero-order valence-electron chi connectivity index (χ0n) is 8.42. The average molecular weight is 170 g/mol. The maximum atomic E-state index is 8.51. The van der Waals surface area contributed by atoms with Crippen LogP contribution >= 0.6 is 0 Å². The fourth-order valence-corrected chi connectivity index (χ4v) is 0.925. The van der Waals surface area contributed by atoms with Crippen LogP contribution in [0.2, 0.25) is 0 Å². The van der Waals surface area contributed by atoms with E-state index in [1.165, 1.54) is 0 Å². The van der Waals surface area contributed by atoms with Crippen molar-refractivity contribution >= 4 is 0 Å². The quantitative estimate of drug-likeness (QED) is 0.592. The number of nitriles is 1. The predicted molar refractivity (Wildman–Crippen MR) is 48.3 cm³/mol. The largest absolute Gasteiger partial charge is 0.292 e. The first-order valence-corrected chi connectivity index (χ1v) is 4.36. The van der Waals surface area contributed by atoms with Crippen molar-refractivity contribution in [3.05, 3.63) is 0 Å². The second-order valence-electron chi connectivity index (χ2n) is 3.30. The highest BCUT2D eigenvalue weighted by Crippen LogP contribution is 2.15. The van der Waals surface area contributed by atoms with E-state index in [9.17, 15) is 0 Å². The van der Waals surface area contributed by atoms with E-state index in [1.807, 2.05) is 32.8 Å². The first-order valence-electron chi connectivity index (χ1n) is 4.36. The van der Waals surface area contributed by atoms with E-state index in [-0.39, 0.29) is 5.60 Å². The third kappa shape index (κ3) is 4.32. The van der Waals surface area contributed by atoms with Gasteiger partial charge in [0.15, 0.2) is 0 Å². The molecule has 0 atom stereocenters. The molecule has 0 heterocycles. The van der Waals surface area contributed by atoms with Crippen molar-refractivity contribution < 1.29 is 4.84 Å². The van der Waals surface area contributed by atoms with Gasteiger partial charge in [0.2, 0.25) is 0 Å². The highest BCUT2D eigenvalue weighted by molar-refractivity contribution is 4.82. The van der Waals surface area contributed by atoms with E-state index in [0.29, 0.717) is 6.42 Å². The van der Waals surface area contributed by atoms with E-state index in [0.717, 1.165) is 13.1 Å². The smallest absolute Gasteiger partial charge is 0.0972 e. The van der Waals surface area contributed by atoms with E-state index in [4.69, 9.17) is 10.1 Å². The summed E-state index contributed by atoms with van der Waals surface area (Å²) in [4.78, 5) is 5.59. The molecule has 0 aliphatic carbocycles. The molecule has 0 saturated carbocycles. The Labute approximate surface area is 74.9 Å². The zero-order chi connectivity index (χ0) is 9.61. The van der Waals surface area contributed by atoms with Gasteiger partial charge >= 0.3 is 0 Å². The standard InChI is InChI=1S/C9H18N2O/c1-5-11(6-2)12-9(3,4)7-8-10/h5-7H2,1-4H3. The molecule has 0 rings (SSSR count). The number of hydroxylamine groups is 2. The fraction of sp³-hybridized carbons (Fsp3) is 0.889. The lowest BCUT2D eigenvalue weighted by molar-refractivity contribution is -0.228. The fourth-order valence-electron chi connectivity index (χ4n) is 0.925. The van der Waals surface area contributed by atoms with E-state index in [1.54, 1.807) is 0 Å². The second kappa shape index (κ2) is 5.13. The van der Waals surface area contributed by atoms with E-state index >= 15 is 0 Å². The molecule has 0 saturated heterocycles. The van der Waals surface area contributed by atoms with Crippen LogP contribution in [0.15, 0.2) is 0 Å². The van der Waals surface area contributed by atoms with Gasteiger partial charge in [0.1, 0.15) is 0 Å². The maximum Gasteiger partial charge on any atom is 0.0972 e. The molecule has 0 aliphatic heterocycles. The molecule has 3 heteroatoms. The Balaban J connectivity index is 3.95. The van der Waals surface area contributed by atoms with Crippen molar-refractivity contribution in [2.45, 2.75) is 39.7 Å². The molecule has 3 nitrogen and oxygen atoms in total. The summed E-state index contributed by atoms with van der Waals surface area (Å²) >= 11 is 0. The molecule has 0 radical (unpaired) electrons. The van der Waals surface area contributed by atoms with Gasteiger partial charge in [-0.05, 0) is 13.8 Å². The zero-order valence-corrected chi connectivity index (χ0v) is 8.42. The number of hydrogen-bond donors (Lipinski definition) is 0. The SMILES string of the molecule is CCN(CC)OC(C)(C)CC#N. The monoisotopic (exact) mass is 170 g/mol. The molecule has 12 heavy (non-hydrogen) atoms. The van der Waals surface area contributed by atoms with Crippen LogP contribution in [-0.2, 0) is 4.84 Å². The summed E-state index contributed by atoms with van der Waals surface area (Å²) in [6, 6.07) is 2.11. The van der Waals surface area contributed by atoms with Gasteiger partial charge in [0, 0.05) is 13.1 Å². The Morgan fingerprint density at radius 3 is 2.17 bits per heavy atom. The van der Waals surface area contributed by atoms with Crippen molar-refractivity contribution in [1.29, 1.82) is 5.26 Å². The molecule has 0 fully saturated rings. The highest BCUT2D eigenvalue weighted by Gasteiger charge is 2.21. The summed E-state index contributed by atoms with van der Waals surface area (Å²) in [7, 11) is 0. The minimum atomic E-state index is -0.360. The van der Waals surface area contributed by atoms with Crippen molar-refractivity contribution in [2.24, 2.45) is 0 Å². The Morgan fingerprint density at radius 2 is 1.83 bits per heavy atom. The van der Waals surface area contributed by atoms with Gasteiger partial charge in [0.25, 0.3) is 0 Å². The van der Waals surface area contributed by atoms with Crippen molar-refractivity contribution in [1.82, 2.24) is 5.06 Å². The molecule has 0 aromatic rings. The van der Waals surface area contributed by atoms with Crippen LogP contribution in [0.3, 0.4) is 0 Å². The Morgan fingerprint density at radius 1 is 1.33 bits per heavy atom. The Kier molecular flexibility index (Phi) is 4.87. The van der Waals surface area contributed by atoms with E-state index in [2.05, 4.69) is 6.07 Å². The third-order valence-electron chi connectivity index (χ3n) is 1.59. The summed E-state index contributed by atoms with van der Waals surface area (Å²) in [6.07, 6.45) is 0.420. The molecule has 0 N–H and O–H groups in total. The van der Waals surface area contributed by atoms with Crippen molar-refractivity contribution in [3.8, 4) is 6.07 Å². The lowest BCUT2D eigenvalue weighted by Gasteiger charge is -2.29. The lowest BCUT2D eigenvalue weighted by Crippen LogP contribution is -2.35. The van der Waals surface area contributed by atoms with Crippen molar-refractivity contribution in [3.63, 3.8) is 0 Å². The van der Waals surface area contributed by atoms with Gasteiger partial charge in [0.05, 0.1) is 18.1 Å². The van der Waals surface area contributed by atoms with Crippen LogP contribution in [0.4, 0.5) is 0 Å². The molecule has 0 aromatic carbocycles. The molecule has 0 bridgehead atoms. The highest BCUT2D eigenvalue weighted by atomic mass is 16.7. The number of hydrogen-bond acceptors (Lipinski definition) is 3. The van der Waals surface area contributed by atoms with Gasteiger partial charge in [-0.1, -0.05) is 13.8 Å². The summed E-state index contributed by atoms with van der Waals surface area (Å²) in [6.45, 7) is 9.62. The van der Waals surface area contributed by atoms with Crippen LogP contribution in [-0.4, -0.2) is 23.8 Å². The minimum Gasteiger partial charge on any atom is -0.292 e. The summed E-state index contributed by atoms with van der Waals surface area (Å²) in [5, 5.41) is 10.4. The molecular formula is C9H18N2O. The summed E-state index contributed by atoms with van der Waals surface area (Å²) < 4.78 is 0.